The van der Waals surface area contributed by atoms with Gasteiger partial charge in [0.2, 0.25) is 0 Å². The maximum Gasteiger partial charge on any atom is 0.433 e. The molecule has 0 bridgehead atoms. The summed E-state index contributed by atoms with van der Waals surface area (Å²) < 4.78 is 70.1. The molecule has 40 heavy (non-hydrogen) atoms. The van der Waals surface area contributed by atoms with E-state index in [-0.39, 0.29) is 22.8 Å². The van der Waals surface area contributed by atoms with Crippen molar-refractivity contribution in [1.82, 2.24) is 15.0 Å². The third-order valence-electron chi connectivity index (χ3n) is 6.64. The second-order valence-electron chi connectivity index (χ2n) is 9.92. The fraction of sp³-hybridized carbons (Fsp3) is 0.259. The van der Waals surface area contributed by atoms with Gasteiger partial charge in [0.25, 0.3) is 5.91 Å². The summed E-state index contributed by atoms with van der Waals surface area (Å²) in [6.45, 7) is 4.04. The third kappa shape index (κ3) is 4.97. The molecule has 13 heteroatoms. The van der Waals surface area contributed by atoms with E-state index in [0.717, 1.165) is 39.9 Å². The number of benzene rings is 1. The van der Waals surface area contributed by atoms with Gasteiger partial charge >= 0.3 is 6.18 Å². The first-order chi connectivity index (χ1) is 18.7. The number of fused-ring (bicyclic) bond motifs is 3. The van der Waals surface area contributed by atoms with Crippen LogP contribution in [0.1, 0.15) is 46.6 Å². The second-order valence-corrected chi connectivity index (χ2v) is 11.9. The van der Waals surface area contributed by atoms with Gasteiger partial charge in [0.15, 0.2) is 14.9 Å². The Bertz CT molecular complexity index is 1760. The molecule has 1 amide bonds. The van der Waals surface area contributed by atoms with E-state index in [0.29, 0.717) is 29.6 Å². The molecule has 1 aromatic carbocycles. The normalized spacial score (nSPS) is 14.8. The summed E-state index contributed by atoms with van der Waals surface area (Å²) in [6, 6.07) is 9.87. The fourth-order valence-corrected chi connectivity index (χ4v) is 5.60. The molecule has 2 N–H and O–H groups in total. The number of aromatic nitrogens is 3. The van der Waals surface area contributed by atoms with Gasteiger partial charge in [-0.25, -0.2) is 18.4 Å². The van der Waals surface area contributed by atoms with E-state index in [4.69, 9.17) is 10.5 Å². The van der Waals surface area contributed by atoms with Gasteiger partial charge in [-0.05, 0) is 49.7 Å². The molecule has 9 nitrogen and oxygen atoms in total. The minimum Gasteiger partial charge on any atom is -0.383 e. The average Bonchev–Trinajstić information content (AvgIpc) is 3.21. The number of nitrogen functional groups attached to an aromatic ring is 1. The molecule has 0 aliphatic carbocycles. The Hall–Kier alpha value is -4.10. The van der Waals surface area contributed by atoms with Crippen LogP contribution in [0.25, 0.3) is 10.9 Å². The second kappa shape index (κ2) is 9.52. The monoisotopic (exact) mass is 571 g/mol. The maximum atomic E-state index is 13.7. The molecule has 1 aliphatic rings. The summed E-state index contributed by atoms with van der Waals surface area (Å²) >= 11 is 0. The van der Waals surface area contributed by atoms with Crippen LogP contribution in [0, 0.1) is 0 Å². The zero-order chi connectivity index (χ0) is 29.0. The molecular weight excluding hydrogens is 547 g/mol. The number of hydrogen-bond donors (Lipinski definition) is 1. The minimum atomic E-state index is -4.69. The molecule has 0 atom stereocenters. The lowest BCUT2D eigenvalue weighted by atomic mass is 9.92. The van der Waals surface area contributed by atoms with Crippen molar-refractivity contribution < 1.29 is 31.1 Å². The summed E-state index contributed by atoms with van der Waals surface area (Å²) in [5, 5.41) is 0.460. The first kappa shape index (κ1) is 27.5. The lowest BCUT2D eigenvalue weighted by molar-refractivity contribution is -0.141. The molecule has 0 spiro atoms. The SMILES string of the molecule is CC1(C)OCc2c(N)nc3cc(CN(C(=O)c4ccc(C(F)(F)F)nc4)c4cccnc4S(C)(=O)=O)ccc3c21. The number of rotatable bonds is 5. The van der Waals surface area contributed by atoms with E-state index in [1.165, 1.54) is 18.3 Å². The van der Waals surface area contributed by atoms with Crippen molar-refractivity contribution in [3.05, 3.63) is 82.8 Å². The molecule has 5 rings (SSSR count). The number of alkyl halides is 3. The Morgan fingerprint density at radius 3 is 2.55 bits per heavy atom. The summed E-state index contributed by atoms with van der Waals surface area (Å²) in [4.78, 5) is 26.7. The van der Waals surface area contributed by atoms with E-state index in [1.807, 2.05) is 19.9 Å². The van der Waals surface area contributed by atoms with Crippen LogP contribution < -0.4 is 10.6 Å². The lowest BCUT2D eigenvalue weighted by Crippen LogP contribution is -2.32. The van der Waals surface area contributed by atoms with Gasteiger partial charge in [0.1, 0.15) is 11.5 Å². The Labute approximate surface area is 227 Å². The van der Waals surface area contributed by atoms with Crippen molar-refractivity contribution in [1.29, 1.82) is 0 Å². The molecule has 0 saturated carbocycles. The number of sulfone groups is 1. The fourth-order valence-electron chi connectivity index (χ4n) is 4.79. The van der Waals surface area contributed by atoms with Gasteiger partial charge in [0, 0.05) is 35.2 Å². The highest BCUT2D eigenvalue weighted by molar-refractivity contribution is 7.90. The molecule has 0 unspecified atom stereocenters. The Kier molecular flexibility index (Phi) is 6.54. The summed E-state index contributed by atoms with van der Waals surface area (Å²) in [7, 11) is -3.88. The van der Waals surface area contributed by atoms with E-state index in [9.17, 15) is 26.4 Å². The first-order valence-corrected chi connectivity index (χ1v) is 13.9. The third-order valence-corrected chi connectivity index (χ3v) is 7.66. The summed E-state index contributed by atoms with van der Waals surface area (Å²) in [5.41, 5.74) is 7.09. The molecule has 208 valence electrons. The molecule has 1 aliphatic heterocycles. The van der Waals surface area contributed by atoms with Crippen molar-refractivity contribution >= 4 is 38.2 Å². The van der Waals surface area contributed by atoms with Crippen LogP contribution in [0.2, 0.25) is 0 Å². The zero-order valence-electron chi connectivity index (χ0n) is 21.7. The van der Waals surface area contributed by atoms with Crippen LogP contribution in [-0.4, -0.2) is 35.5 Å². The molecule has 4 aromatic rings. The van der Waals surface area contributed by atoms with Crippen LogP contribution in [-0.2, 0) is 39.5 Å². The summed E-state index contributed by atoms with van der Waals surface area (Å²) in [6.07, 6.45) is -1.65. The number of carbonyl (C=O) groups is 1. The van der Waals surface area contributed by atoms with E-state index in [1.54, 1.807) is 12.1 Å². The van der Waals surface area contributed by atoms with Gasteiger partial charge in [0.05, 0.1) is 35.5 Å². The molecule has 3 aromatic heterocycles. The Morgan fingerprint density at radius 2 is 1.90 bits per heavy atom. The van der Waals surface area contributed by atoms with Crippen LogP contribution in [0.3, 0.4) is 0 Å². The highest BCUT2D eigenvalue weighted by Gasteiger charge is 2.35. The minimum absolute atomic E-state index is 0.0362. The number of nitrogens with two attached hydrogens (primary N) is 1. The molecule has 0 saturated heterocycles. The number of amides is 1. The number of ether oxygens (including phenoxy) is 1. The van der Waals surface area contributed by atoms with Gasteiger partial charge in [-0.1, -0.05) is 12.1 Å². The van der Waals surface area contributed by atoms with E-state index in [2.05, 4.69) is 15.0 Å². The van der Waals surface area contributed by atoms with Gasteiger partial charge in [-0.15, -0.1) is 0 Å². The summed E-state index contributed by atoms with van der Waals surface area (Å²) in [5.74, 6) is -0.448. The van der Waals surface area contributed by atoms with Gasteiger partial charge < -0.3 is 15.4 Å². The van der Waals surface area contributed by atoms with Gasteiger partial charge in [-0.2, -0.15) is 13.2 Å². The van der Waals surface area contributed by atoms with Crippen molar-refractivity contribution in [2.75, 3.05) is 16.9 Å². The van der Waals surface area contributed by atoms with Crippen LogP contribution >= 0.6 is 0 Å². The highest BCUT2D eigenvalue weighted by Crippen LogP contribution is 2.42. The van der Waals surface area contributed by atoms with Crippen LogP contribution in [0.4, 0.5) is 24.7 Å². The number of nitrogens with zero attached hydrogens (tertiary/aromatic N) is 4. The number of carbonyl (C=O) groups excluding carboxylic acids is 1. The van der Waals surface area contributed by atoms with E-state index < -0.39 is 33.2 Å². The van der Waals surface area contributed by atoms with Crippen LogP contribution in [0.5, 0.6) is 0 Å². The zero-order valence-corrected chi connectivity index (χ0v) is 22.5. The van der Waals surface area contributed by atoms with Crippen molar-refractivity contribution in [3.63, 3.8) is 0 Å². The maximum absolute atomic E-state index is 13.7. The van der Waals surface area contributed by atoms with E-state index >= 15 is 0 Å². The topological polar surface area (TPSA) is 128 Å². The van der Waals surface area contributed by atoms with Gasteiger partial charge in [-0.3, -0.25) is 9.78 Å². The predicted molar refractivity (Wildman–Crippen MR) is 141 cm³/mol. The Morgan fingerprint density at radius 1 is 1.15 bits per heavy atom. The molecule has 4 heterocycles. The molecule has 0 fully saturated rings. The standard InChI is InChI=1S/C27H24F3N5O4S/c1-26(2)22-17-8-6-15(11-19(17)34-23(31)18(22)14-39-26)13-35(20-5-4-10-32-24(20)40(3,37)38)25(36)16-7-9-21(33-12-16)27(28,29)30/h4-12H,13-14H2,1-3H3,(H2,31,34). The largest absolute Gasteiger partial charge is 0.433 e. The smallest absolute Gasteiger partial charge is 0.383 e. The Balaban J connectivity index is 1.61. The average molecular weight is 572 g/mol. The number of pyridine rings is 3. The lowest BCUT2D eigenvalue weighted by Gasteiger charge is -2.25. The number of anilines is 2. The van der Waals surface area contributed by atoms with Crippen LogP contribution in [0.15, 0.2) is 59.9 Å². The van der Waals surface area contributed by atoms with Crippen molar-refractivity contribution in [2.45, 2.75) is 43.8 Å². The quantitative estimate of drug-likeness (QED) is 0.367. The number of hydrogen-bond acceptors (Lipinski definition) is 8. The van der Waals surface area contributed by atoms with Crippen molar-refractivity contribution in [3.8, 4) is 0 Å². The number of halogens is 3. The molecule has 0 radical (unpaired) electrons. The molecular formula is C27H24F3N5O4S. The first-order valence-electron chi connectivity index (χ1n) is 12.0. The highest BCUT2D eigenvalue weighted by atomic mass is 32.2. The predicted octanol–water partition coefficient (Wildman–Crippen LogP) is 4.64. The van der Waals surface area contributed by atoms with Crippen molar-refractivity contribution in [2.24, 2.45) is 0 Å².